The minimum absolute atomic E-state index is 0.000741. The maximum absolute atomic E-state index is 13.5. The number of amides is 1. The molecular weight excluding hydrogens is 390 g/mol. The summed E-state index contributed by atoms with van der Waals surface area (Å²) in [6.45, 7) is 0. The fraction of sp³-hybridized carbons (Fsp3) is 0.160. The number of carbonyl (C=O) groups excluding carboxylic acids is 1. The van der Waals surface area contributed by atoms with Crippen molar-refractivity contribution in [3.8, 4) is 11.4 Å². The summed E-state index contributed by atoms with van der Waals surface area (Å²) >= 11 is 0. The number of methoxy groups -OCH3 is 1. The number of carbonyl (C=O) groups is 1. The molecule has 5 rings (SSSR count). The molecule has 3 aromatic carbocycles. The van der Waals surface area contributed by atoms with Crippen molar-refractivity contribution in [1.29, 1.82) is 0 Å². The Bertz CT molecular complexity index is 1380. The van der Waals surface area contributed by atoms with Crippen LogP contribution in [0.3, 0.4) is 0 Å². The number of benzene rings is 3. The van der Waals surface area contributed by atoms with Gasteiger partial charge in [0.1, 0.15) is 11.6 Å². The minimum atomic E-state index is -0.397. The zero-order chi connectivity index (χ0) is 21.5. The summed E-state index contributed by atoms with van der Waals surface area (Å²) in [5.41, 5.74) is 2.96. The number of para-hydroxylation sites is 2. The van der Waals surface area contributed by atoms with Crippen LogP contribution in [-0.4, -0.2) is 29.6 Å². The van der Waals surface area contributed by atoms with Gasteiger partial charge in [-0.25, -0.2) is 4.98 Å². The summed E-state index contributed by atoms with van der Waals surface area (Å²) in [4.78, 5) is 33.0. The molecule has 0 bridgehead atoms. The van der Waals surface area contributed by atoms with Gasteiger partial charge in [0.2, 0.25) is 5.91 Å². The van der Waals surface area contributed by atoms with Gasteiger partial charge in [-0.15, -0.1) is 0 Å². The SMILES string of the molecule is COc1cccc(-n2c(C[C@H]3C(=O)N(C)c4ccccc43)nc3ccccc3c2=O)c1. The number of fused-ring (bicyclic) bond motifs is 2. The van der Waals surface area contributed by atoms with E-state index in [1.54, 1.807) is 35.8 Å². The second-order valence-corrected chi connectivity index (χ2v) is 7.60. The zero-order valence-electron chi connectivity index (χ0n) is 17.3. The van der Waals surface area contributed by atoms with Gasteiger partial charge in [-0.3, -0.25) is 14.2 Å². The predicted octanol–water partition coefficient (Wildman–Crippen LogP) is 3.70. The van der Waals surface area contributed by atoms with Crippen LogP contribution in [0.4, 0.5) is 5.69 Å². The zero-order valence-corrected chi connectivity index (χ0v) is 17.3. The van der Waals surface area contributed by atoms with Crippen LogP contribution in [0.25, 0.3) is 16.6 Å². The number of nitrogens with zero attached hydrogens (tertiary/aromatic N) is 3. The Kier molecular flexibility index (Phi) is 4.55. The Hall–Kier alpha value is -3.93. The number of anilines is 1. The van der Waals surface area contributed by atoms with E-state index in [-0.39, 0.29) is 11.5 Å². The minimum Gasteiger partial charge on any atom is -0.497 e. The standard InChI is InChI=1S/C25H21N3O3/c1-27-22-13-6-4-10-18(22)20(24(27)29)15-23-26-21-12-5-3-11-19(21)25(30)28(23)16-8-7-9-17(14-16)31-2/h3-14,20H,15H2,1-2H3/t20-/m1/s1. The van der Waals surface area contributed by atoms with Crippen molar-refractivity contribution in [2.75, 3.05) is 19.1 Å². The molecule has 6 nitrogen and oxygen atoms in total. The average molecular weight is 411 g/mol. The van der Waals surface area contributed by atoms with Crippen LogP contribution in [-0.2, 0) is 11.2 Å². The first kappa shape index (κ1) is 19.1. The third-order valence-corrected chi connectivity index (χ3v) is 5.85. The number of hydrogen-bond donors (Lipinski definition) is 0. The van der Waals surface area contributed by atoms with Gasteiger partial charge in [-0.1, -0.05) is 36.4 Å². The summed E-state index contributed by atoms with van der Waals surface area (Å²) in [6.07, 6.45) is 0.317. The molecule has 0 N–H and O–H groups in total. The van der Waals surface area contributed by atoms with Crippen molar-refractivity contribution >= 4 is 22.5 Å². The Morgan fingerprint density at radius 1 is 0.968 bits per heavy atom. The molecule has 0 saturated carbocycles. The second-order valence-electron chi connectivity index (χ2n) is 7.60. The Morgan fingerprint density at radius 3 is 2.58 bits per heavy atom. The van der Waals surface area contributed by atoms with Crippen LogP contribution in [0.1, 0.15) is 17.3 Å². The molecule has 0 spiro atoms. The van der Waals surface area contributed by atoms with E-state index in [4.69, 9.17) is 9.72 Å². The van der Waals surface area contributed by atoms with E-state index in [0.29, 0.717) is 34.6 Å². The Labute approximate surface area is 179 Å². The number of hydrogen-bond acceptors (Lipinski definition) is 4. The highest BCUT2D eigenvalue weighted by Crippen LogP contribution is 2.38. The normalized spacial score (nSPS) is 15.4. The van der Waals surface area contributed by atoms with Crippen molar-refractivity contribution in [2.24, 2.45) is 0 Å². The molecule has 0 unspecified atom stereocenters. The third-order valence-electron chi connectivity index (χ3n) is 5.85. The predicted molar refractivity (Wildman–Crippen MR) is 120 cm³/mol. The molecule has 4 aromatic rings. The van der Waals surface area contributed by atoms with Crippen LogP contribution in [0.2, 0.25) is 0 Å². The lowest BCUT2D eigenvalue weighted by Gasteiger charge is -2.17. The van der Waals surface area contributed by atoms with Crippen molar-refractivity contribution in [3.63, 3.8) is 0 Å². The molecule has 2 heterocycles. The third kappa shape index (κ3) is 3.08. The number of aromatic nitrogens is 2. The molecule has 1 aromatic heterocycles. The summed E-state index contributed by atoms with van der Waals surface area (Å²) in [6, 6.07) is 22.4. The molecule has 6 heteroatoms. The van der Waals surface area contributed by atoms with Crippen molar-refractivity contribution in [1.82, 2.24) is 9.55 Å². The summed E-state index contributed by atoms with van der Waals surface area (Å²) in [5.74, 6) is 0.790. The van der Waals surface area contributed by atoms with Gasteiger partial charge in [0, 0.05) is 25.2 Å². The van der Waals surface area contributed by atoms with Gasteiger partial charge in [-0.05, 0) is 35.9 Å². The van der Waals surface area contributed by atoms with Crippen LogP contribution in [0.15, 0.2) is 77.6 Å². The highest BCUT2D eigenvalue weighted by atomic mass is 16.5. The number of ether oxygens (including phenoxy) is 1. The van der Waals surface area contributed by atoms with E-state index in [9.17, 15) is 9.59 Å². The van der Waals surface area contributed by atoms with Crippen LogP contribution in [0, 0.1) is 0 Å². The van der Waals surface area contributed by atoms with Gasteiger partial charge >= 0.3 is 0 Å². The van der Waals surface area contributed by atoms with Gasteiger partial charge in [0.05, 0.1) is 29.6 Å². The summed E-state index contributed by atoms with van der Waals surface area (Å²) in [5, 5.41) is 0.532. The molecule has 0 fully saturated rings. The lowest BCUT2D eigenvalue weighted by Crippen LogP contribution is -2.29. The summed E-state index contributed by atoms with van der Waals surface area (Å²) in [7, 11) is 3.37. The smallest absolute Gasteiger partial charge is 0.265 e. The van der Waals surface area contributed by atoms with E-state index in [1.807, 2.05) is 60.7 Å². The molecule has 1 aliphatic heterocycles. The average Bonchev–Trinajstić information content (AvgIpc) is 3.04. The topological polar surface area (TPSA) is 64.4 Å². The van der Waals surface area contributed by atoms with E-state index in [0.717, 1.165) is 11.3 Å². The molecule has 0 radical (unpaired) electrons. The van der Waals surface area contributed by atoms with Gasteiger partial charge < -0.3 is 9.64 Å². The first-order chi connectivity index (χ1) is 15.1. The Morgan fingerprint density at radius 2 is 1.74 bits per heavy atom. The van der Waals surface area contributed by atoms with E-state index in [2.05, 4.69) is 0 Å². The largest absolute Gasteiger partial charge is 0.497 e. The second kappa shape index (κ2) is 7.40. The lowest BCUT2D eigenvalue weighted by atomic mass is 9.96. The van der Waals surface area contributed by atoms with Crippen LogP contribution >= 0.6 is 0 Å². The maximum atomic E-state index is 13.5. The number of rotatable bonds is 4. The van der Waals surface area contributed by atoms with Gasteiger partial charge in [-0.2, -0.15) is 0 Å². The lowest BCUT2D eigenvalue weighted by molar-refractivity contribution is -0.119. The van der Waals surface area contributed by atoms with E-state index < -0.39 is 5.92 Å². The molecule has 1 aliphatic rings. The van der Waals surface area contributed by atoms with E-state index >= 15 is 0 Å². The first-order valence-corrected chi connectivity index (χ1v) is 10.1. The van der Waals surface area contributed by atoms with Crippen LogP contribution in [0.5, 0.6) is 5.75 Å². The first-order valence-electron chi connectivity index (χ1n) is 10.1. The molecule has 31 heavy (non-hydrogen) atoms. The van der Waals surface area contributed by atoms with Gasteiger partial charge in [0.25, 0.3) is 5.56 Å². The molecule has 154 valence electrons. The molecule has 1 amide bonds. The van der Waals surface area contributed by atoms with Crippen LogP contribution < -0.4 is 15.2 Å². The summed E-state index contributed by atoms with van der Waals surface area (Å²) < 4.78 is 6.95. The quantitative estimate of drug-likeness (QED) is 0.514. The van der Waals surface area contributed by atoms with Gasteiger partial charge in [0.15, 0.2) is 0 Å². The molecular formula is C25H21N3O3. The van der Waals surface area contributed by atoms with E-state index in [1.165, 1.54) is 0 Å². The van der Waals surface area contributed by atoms with Crippen molar-refractivity contribution in [2.45, 2.75) is 12.3 Å². The molecule has 0 aliphatic carbocycles. The highest BCUT2D eigenvalue weighted by molar-refractivity contribution is 6.04. The highest BCUT2D eigenvalue weighted by Gasteiger charge is 2.36. The number of likely N-dealkylation sites (N-methyl/N-ethyl adjacent to an activating group) is 1. The maximum Gasteiger partial charge on any atom is 0.265 e. The monoisotopic (exact) mass is 411 g/mol. The van der Waals surface area contributed by atoms with Crippen molar-refractivity contribution < 1.29 is 9.53 Å². The Balaban J connectivity index is 1.71. The van der Waals surface area contributed by atoms with Crippen molar-refractivity contribution in [3.05, 3.63) is 94.5 Å². The molecule has 0 saturated heterocycles. The fourth-order valence-electron chi connectivity index (χ4n) is 4.28. The fourth-order valence-corrected chi connectivity index (χ4v) is 4.28. The molecule has 1 atom stereocenters.